The first-order valence-electron chi connectivity index (χ1n) is 9.72. The molecule has 1 aliphatic rings. The molecule has 3 rings (SSSR count). The first-order valence-corrected chi connectivity index (χ1v) is 10.7. The number of amides is 1. The summed E-state index contributed by atoms with van der Waals surface area (Å²) in [7, 11) is 0. The smallest absolute Gasteiger partial charge is 0.308 e. The third-order valence-electron chi connectivity index (χ3n) is 5.07. The summed E-state index contributed by atoms with van der Waals surface area (Å²) < 4.78 is 5.04. The lowest BCUT2D eigenvalue weighted by Crippen LogP contribution is -2.26. The quantitative estimate of drug-likeness (QED) is 0.529. The first kappa shape index (κ1) is 20.3. The van der Waals surface area contributed by atoms with Gasteiger partial charge in [0.15, 0.2) is 12.4 Å². The highest BCUT2D eigenvalue weighted by atomic mass is 32.1. The van der Waals surface area contributed by atoms with Crippen LogP contribution in [0.5, 0.6) is 0 Å². The highest BCUT2D eigenvalue weighted by molar-refractivity contribution is 7.08. The highest BCUT2D eigenvalue weighted by Crippen LogP contribution is 2.32. The van der Waals surface area contributed by atoms with E-state index < -0.39 is 5.97 Å². The second-order valence-electron chi connectivity index (χ2n) is 7.06. The van der Waals surface area contributed by atoms with Crippen LogP contribution < -0.4 is 5.32 Å². The number of carbonyl (C=O) groups is 3. The summed E-state index contributed by atoms with van der Waals surface area (Å²) in [6, 6.07) is 9.40. The molecule has 0 unspecified atom stereocenters. The molecular formula is C22H25NO4S. The topological polar surface area (TPSA) is 72.5 Å². The number of hydrogen-bond donors (Lipinski definition) is 1. The summed E-state index contributed by atoms with van der Waals surface area (Å²) in [4.78, 5) is 35.8. The lowest BCUT2D eigenvalue weighted by molar-refractivity contribution is -0.142. The maximum absolute atomic E-state index is 12.2. The number of Topliss-reactive ketones (excluding diaryl/α,β-unsaturated/α-hetero) is 1. The van der Waals surface area contributed by atoms with Crippen LogP contribution in [0, 0.1) is 0 Å². The number of carbonyl (C=O) groups excluding carboxylic acids is 3. The molecule has 0 atom stereocenters. The fraction of sp³-hybridized carbons (Fsp3) is 0.409. The third-order valence-corrected chi connectivity index (χ3v) is 5.75. The lowest BCUT2D eigenvalue weighted by Gasteiger charge is -2.22. The minimum absolute atomic E-state index is 0.0315. The molecular weight excluding hydrogens is 374 g/mol. The fourth-order valence-electron chi connectivity index (χ4n) is 3.45. The highest BCUT2D eigenvalue weighted by Gasteiger charge is 2.16. The molecule has 1 saturated carbocycles. The Morgan fingerprint density at radius 3 is 2.43 bits per heavy atom. The molecule has 5 nitrogen and oxygen atoms in total. The Morgan fingerprint density at radius 1 is 1.00 bits per heavy atom. The van der Waals surface area contributed by atoms with Gasteiger partial charge in [-0.15, -0.1) is 0 Å². The Morgan fingerprint density at radius 2 is 1.75 bits per heavy atom. The summed E-state index contributed by atoms with van der Waals surface area (Å²) in [6.07, 6.45) is 6.33. The summed E-state index contributed by atoms with van der Waals surface area (Å²) in [5.74, 6) is -0.341. The molecule has 1 heterocycles. The second-order valence-corrected chi connectivity index (χ2v) is 7.84. The van der Waals surface area contributed by atoms with E-state index in [1.165, 1.54) is 49.0 Å². The van der Waals surface area contributed by atoms with E-state index in [1.54, 1.807) is 11.4 Å². The van der Waals surface area contributed by atoms with Gasteiger partial charge in [0.1, 0.15) is 0 Å². The molecule has 1 aromatic carbocycles. The van der Waals surface area contributed by atoms with Crippen LogP contribution in [0.25, 0.3) is 0 Å². The maximum atomic E-state index is 12.2. The Labute approximate surface area is 169 Å². The van der Waals surface area contributed by atoms with Gasteiger partial charge in [0, 0.05) is 23.1 Å². The predicted octanol–water partition coefficient (Wildman–Crippen LogP) is 4.34. The number of ether oxygens (including phenoxy) is 1. The molecule has 0 aliphatic heterocycles. The monoisotopic (exact) mass is 399 g/mol. The summed E-state index contributed by atoms with van der Waals surface area (Å²) in [6.45, 7) is -0.0993. The molecule has 0 saturated heterocycles. The number of ketones is 1. The van der Waals surface area contributed by atoms with E-state index in [4.69, 9.17) is 4.74 Å². The minimum Gasteiger partial charge on any atom is -0.457 e. The van der Waals surface area contributed by atoms with Crippen molar-refractivity contribution in [2.24, 2.45) is 0 Å². The largest absolute Gasteiger partial charge is 0.457 e. The second kappa shape index (κ2) is 10.2. The Kier molecular flexibility index (Phi) is 7.37. The number of thiophene rings is 1. The van der Waals surface area contributed by atoms with Crippen LogP contribution >= 0.6 is 11.3 Å². The molecule has 1 aromatic heterocycles. The van der Waals surface area contributed by atoms with E-state index in [0.29, 0.717) is 17.0 Å². The maximum Gasteiger partial charge on any atom is 0.308 e. The van der Waals surface area contributed by atoms with Crippen LogP contribution in [0.4, 0.5) is 0 Å². The van der Waals surface area contributed by atoms with Gasteiger partial charge in [0.2, 0.25) is 0 Å². The molecule has 0 spiro atoms. The first-order chi connectivity index (χ1) is 13.6. The molecule has 6 heteroatoms. The van der Waals surface area contributed by atoms with Gasteiger partial charge in [0.05, 0.1) is 6.42 Å². The number of benzene rings is 1. The van der Waals surface area contributed by atoms with Crippen molar-refractivity contribution in [2.45, 2.75) is 44.4 Å². The van der Waals surface area contributed by atoms with Gasteiger partial charge in [0.25, 0.3) is 5.91 Å². The summed E-state index contributed by atoms with van der Waals surface area (Å²) in [5.41, 5.74) is 2.41. The number of nitrogens with one attached hydrogen (secondary N) is 1. The van der Waals surface area contributed by atoms with Crippen LogP contribution in [0.1, 0.15) is 70.7 Å². The summed E-state index contributed by atoms with van der Waals surface area (Å²) in [5, 5.41) is 6.21. The third kappa shape index (κ3) is 5.76. The molecule has 2 aromatic rings. The zero-order valence-electron chi connectivity index (χ0n) is 15.8. The summed E-state index contributed by atoms with van der Waals surface area (Å²) >= 11 is 1.44. The molecule has 0 radical (unpaired) electrons. The van der Waals surface area contributed by atoms with Gasteiger partial charge in [-0.2, -0.15) is 11.3 Å². The van der Waals surface area contributed by atoms with E-state index in [0.717, 1.165) is 0 Å². The van der Waals surface area contributed by atoms with Gasteiger partial charge in [-0.05, 0) is 35.8 Å². The van der Waals surface area contributed by atoms with E-state index in [2.05, 4.69) is 5.32 Å². The van der Waals surface area contributed by atoms with Crippen molar-refractivity contribution in [3.63, 3.8) is 0 Å². The van der Waals surface area contributed by atoms with Crippen LogP contribution in [-0.4, -0.2) is 30.8 Å². The van der Waals surface area contributed by atoms with E-state index in [9.17, 15) is 14.4 Å². The van der Waals surface area contributed by atoms with Gasteiger partial charge < -0.3 is 10.1 Å². The van der Waals surface area contributed by atoms with E-state index in [-0.39, 0.29) is 31.3 Å². The van der Waals surface area contributed by atoms with Crippen LogP contribution in [0.3, 0.4) is 0 Å². The van der Waals surface area contributed by atoms with Crippen molar-refractivity contribution >= 4 is 29.0 Å². The van der Waals surface area contributed by atoms with E-state index >= 15 is 0 Å². The minimum atomic E-state index is -0.502. The van der Waals surface area contributed by atoms with Crippen molar-refractivity contribution in [1.82, 2.24) is 5.32 Å². The average molecular weight is 400 g/mol. The zero-order valence-corrected chi connectivity index (χ0v) is 16.6. The SMILES string of the molecule is O=C(CCNC(=O)c1ccsc1)OCC(=O)c1ccc(C2CCCCC2)cc1. The van der Waals surface area contributed by atoms with E-state index in [1.807, 2.05) is 29.6 Å². The normalized spacial score (nSPS) is 14.4. The van der Waals surface area contributed by atoms with Gasteiger partial charge in [-0.3, -0.25) is 14.4 Å². The average Bonchev–Trinajstić information content (AvgIpc) is 3.28. The predicted molar refractivity (Wildman–Crippen MR) is 109 cm³/mol. The Balaban J connectivity index is 1.38. The lowest BCUT2D eigenvalue weighted by atomic mass is 9.84. The molecule has 1 amide bonds. The van der Waals surface area contributed by atoms with Crippen molar-refractivity contribution in [3.05, 3.63) is 57.8 Å². The van der Waals surface area contributed by atoms with Gasteiger partial charge in [-0.1, -0.05) is 43.5 Å². The molecule has 1 N–H and O–H groups in total. The standard InChI is InChI=1S/C22H25NO4S/c24-20(18-8-6-17(7-9-18)16-4-2-1-3-5-16)14-27-21(25)10-12-23-22(26)19-11-13-28-15-19/h6-9,11,13,15-16H,1-5,10,12,14H2,(H,23,26). The van der Waals surface area contributed by atoms with Crippen molar-refractivity contribution in [1.29, 1.82) is 0 Å². The Bertz CT molecular complexity index is 792. The molecule has 148 valence electrons. The fourth-order valence-corrected chi connectivity index (χ4v) is 4.09. The number of esters is 1. The van der Waals surface area contributed by atoms with Crippen LogP contribution in [0.15, 0.2) is 41.1 Å². The van der Waals surface area contributed by atoms with Crippen LogP contribution in [0.2, 0.25) is 0 Å². The molecule has 28 heavy (non-hydrogen) atoms. The van der Waals surface area contributed by atoms with Crippen molar-refractivity contribution < 1.29 is 19.1 Å². The van der Waals surface area contributed by atoms with Crippen molar-refractivity contribution in [3.8, 4) is 0 Å². The van der Waals surface area contributed by atoms with Crippen LogP contribution in [-0.2, 0) is 9.53 Å². The van der Waals surface area contributed by atoms with Gasteiger partial charge >= 0.3 is 5.97 Å². The number of rotatable bonds is 8. The number of hydrogen-bond acceptors (Lipinski definition) is 5. The molecule has 1 fully saturated rings. The molecule has 1 aliphatic carbocycles. The zero-order chi connectivity index (χ0) is 19.8. The Hall–Kier alpha value is -2.47. The molecule has 0 bridgehead atoms. The van der Waals surface area contributed by atoms with Gasteiger partial charge in [-0.25, -0.2) is 0 Å². The van der Waals surface area contributed by atoms with Crippen molar-refractivity contribution in [2.75, 3.05) is 13.2 Å².